The number of amides is 1. The van der Waals surface area contributed by atoms with E-state index in [4.69, 9.17) is 15.2 Å². The molecule has 0 saturated heterocycles. The summed E-state index contributed by atoms with van der Waals surface area (Å²) < 4.78 is 10.6. The number of nitrogens with zero attached hydrogens (tertiary/aromatic N) is 1. The summed E-state index contributed by atoms with van der Waals surface area (Å²) in [6.07, 6.45) is 0. The molecule has 0 spiro atoms. The summed E-state index contributed by atoms with van der Waals surface area (Å²) in [6.45, 7) is 0.577. The van der Waals surface area contributed by atoms with Crippen LogP contribution in [-0.4, -0.2) is 19.7 Å². The predicted octanol–water partition coefficient (Wildman–Crippen LogP) is 2.15. The third-order valence-corrected chi connectivity index (χ3v) is 3.50. The van der Waals surface area contributed by atoms with Crippen molar-refractivity contribution in [2.45, 2.75) is 6.54 Å². The van der Waals surface area contributed by atoms with E-state index in [0.29, 0.717) is 23.6 Å². The van der Waals surface area contributed by atoms with Crippen LogP contribution in [0.25, 0.3) is 0 Å². The number of hydrogen-bond donors (Lipinski definition) is 1. The lowest BCUT2D eigenvalue weighted by molar-refractivity contribution is 0.0992. The number of fused-ring (bicyclic) bond motifs is 1. The van der Waals surface area contributed by atoms with Crippen molar-refractivity contribution in [3.63, 3.8) is 0 Å². The van der Waals surface area contributed by atoms with Crippen molar-refractivity contribution in [3.8, 4) is 11.5 Å². The van der Waals surface area contributed by atoms with E-state index in [9.17, 15) is 4.79 Å². The van der Waals surface area contributed by atoms with Gasteiger partial charge in [0, 0.05) is 24.8 Å². The monoisotopic (exact) mass is 284 g/mol. The number of rotatable bonds is 3. The maximum atomic E-state index is 12.6. The van der Waals surface area contributed by atoms with Crippen LogP contribution >= 0.6 is 0 Å². The minimum Gasteiger partial charge on any atom is -0.454 e. The van der Waals surface area contributed by atoms with E-state index in [1.54, 1.807) is 30.1 Å². The molecule has 2 aromatic carbocycles. The minimum absolute atomic E-state index is 0.116. The fourth-order valence-electron chi connectivity index (χ4n) is 2.34. The first-order valence-electron chi connectivity index (χ1n) is 6.66. The van der Waals surface area contributed by atoms with Crippen molar-refractivity contribution in [2.24, 2.45) is 5.73 Å². The van der Waals surface area contributed by atoms with Crippen molar-refractivity contribution >= 4 is 11.6 Å². The van der Waals surface area contributed by atoms with Gasteiger partial charge in [-0.3, -0.25) is 4.79 Å². The summed E-state index contributed by atoms with van der Waals surface area (Å²) in [4.78, 5) is 14.2. The SMILES string of the molecule is CN(C(=O)c1ccc2c(c1)OCO2)c1ccccc1CN. The second-order valence-electron chi connectivity index (χ2n) is 4.77. The van der Waals surface area contributed by atoms with E-state index < -0.39 is 0 Å². The summed E-state index contributed by atoms with van der Waals surface area (Å²) in [5.41, 5.74) is 8.01. The normalized spacial score (nSPS) is 12.3. The summed E-state index contributed by atoms with van der Waals surface area (Å²) in [7, 11) is 1.74. The molecule has 3 rings (SSSR count). The molecule has 0 aliphatic carbocycles. The Morgan fingerprint density at radius 2 is 1.95 bits per heavy atom. The maximum absolute atomic E-state index is 12.6. The van der Waals surface area contributed by atoms with Gasteiger partial charge in [-0.1, -0.05) is 18.2 Å². The average molecular weight is 284 g/mol. The number of para-hydroxylation sites is 1. The van der Waals surface area contributed by atoms with E-state index >= 15 is 0 Å². The fourth-order valence-corrected chi connectivity index (χ4v) is 2.34. The Morgan fingerprint density at radius 3 is 2.76 bits per heavy atom. The lowest BCUT2D eigenvalue weighted by atomic mass is 10.1. The van der Waals surface area contributed by atoms with E-state index in [-0.39, 0.29) is 12.7 Å². The molecule has 0 unspecified atom stereocenters. The lowest BCUT2D eigenvalue weighted by Gasteiger charge is -2.20. The Balaban J connectivity index is 1.91. The van der Waals surface area contributed by atoms with E-state index in [1.807, 2.05) is 24.3 Å². The van der Waals surface area contributed by atoms with Crippen LogP contribution in [0, 0.1) is 0 Å². The Bertz CT molecular complexity index is 685. The second kappa shape index (κ2) is 5.46. The molecular weight excluding hydrogens is 268 g/mol. The molecule has 1 heterocycles. The molecule has 21 heavy (non-hydrogen) atoms. The highest BCUT2D eigenvalue weighted by molar-refractivity contribution is 6.06. The quantitative estimate of drug-likeness (QED) is 0.938. The molecule has 0 saturated carbocycles. The number of nitrogens with two attached hydrogens (primary N) is 1. The largest absolute Gasteiger partial charge is 0.454 e. The third kappa shape index (κ3) is 2.43. The minimum atomic E-state index is -0.116. The number of carbonyl (C=O) groups excluding carboxylic acids is 1. The van der Waals surface area contributed by atoms with Gasteiger partial charge in [0.1, 0.15) is 0 Å². The van der Waals surface area contributed by atoms with Gasteiger partial charge in [0.05, 0.1) is 0 Å². The number of carbonyl (C=O) groups is 1. The summed E-state index contributed by atoms with van der Waals surface area (Å²) >= 11 is 0. The zero-order valence-corrected chi connectivity index (χ0v) is 11.7. The van der Waals surface area contributed by atoms with Crippen LogP contribution in [0.4, 0.5) is 5.69 Å². The Morgan fingerprint density at radius 1 is 1.19 bits per heavy atom. The molecule has 2 aromatic rings. The molecule has 0 fully saturated rings. The number of anilines is 1. The highest BCUT2D eigenvalue weighted by atomic mass is 16.7. The number of ether oxygens (including phenoxy) is 2. The van der Waals surface area contributed by atoms with Crippen molar-refractivity contribution < 1.29 is 14.3 Å². The molecule has 1 amide bonds. The highest BCUT2D eigenvalue weighted by Crippen LogP contribution is 2.33. The lowest BCUT2D eigenvalue weighted by Crippen LogP contribution is -2.27. The standard InChI is InChI=1S/C16H16N2O3/c1-18(13-5-3-2-4-12(13)9-17)16(19)11-6-7-14-15(8-11)21-10-20-14/h2-8H,9-10,17H2,1H3. The summed E-state index contributed by atoms with van der Waals surface area (Å²) in [5.74, 6) is 1.15. The molecule has 2 N–H and O–H groups in total. The number of benzene rings is 2. The first-order chi connectivity index (χ1) is 10.2. The molecule has 5 nitrogen and oxygen atoms in total. The first-order valence-corrected chi connectivity index (χ1v) is 6.66. The van der Waals surface area contributed by atoms with Gasteiger partial charge < -0.3 is 20.1 Å². The molecular formula is C16H16N2O3. The van der Waals surface area contributed by atoms with Crippen LogP contribution in [0.3, 0.4) is 0 Å². The molecule has 0 atom stereocenters. The van der Waals surface area contributed by atoms with Crippen molar-refractivity contribution in [1.29, 1.82) is 0 Å². The van der Waals surface area contributed by atoms with Gasteiger partial charge in [0.25, 0.3) is 5.91 Å². The molecule has 1 aliphatic rings. The van der Waals surface area contributed by atoms with Gasteiger partial charge in [0.15, 0.2) is 11.5 Å². The highest BCUT2D eigenvalue weighted by Gasteiger charge is 2.20. The number of hydrogen-bond acceptors (Lipinski definition) is 4. The molecule has 0 aromatic heterocycles. The Labute approximate surface area is 122 Å². The van der Waals surface area contributed by atoms with Gasteiger partial charge in [-0.25, -0.2) is 0 Å². The van der Waals surface area contributed by atoms with Crippen LogP contribution < -0.4 is 20.1 Å². The van der Waals surface area contributed by atoms with E-state index in [1.165, 1.54) is 0 Å². The van der Waals surface area contributed by atoms with Gasteiger partial charge in [-0.2, -0.15) is 0 Å². The van der Waals surface area contributed by atoms with Gasteiger partial charge in [-0.05, 0) is 29.8 Å². The Kier molecular flexibility index (Phi) is 3.50. The molecule has 5 heteroatoms. The smallest absolute Gasteiger partial charge is 0.258 e. The molecule has 0 radical (unpaired) electrons. The van der Waals surface area contributed by atoms with Gasteiger partial charge >= 0.3 is 0 Å². The van der Waals surface area contributed by atoms with Gasteiger partial charge in [-0.15, -0.1) is 0 Å². The van der Waals surface area contributed by atoms with E-state index in [2.05, 4.69) is 0 Å². The fraction of sp³-hybridized carbons (Fsp3) is 0.188. The third-order valence-electron chi connectivity index (χ3n) is 3.50. The van der Waals surface area contributed by atoms with Crippen LogP contribution in [0.1, 0.15) is 15.9 Å². The van der Waals surface area contributed by atoms with E-state index in [0.717, 1.165) is 11.3 Å². The van der Waals surface area contributed by atoms with Crippen LogP contribution in [0.5, 0.6) is 11.5 Å². The zero-order chi connectivity index (χ0) is 14.8. The van der Waals surface area contributed by atoms with Crippen LogP contribution in [-0.2, 0) is 6.54 Å². The summed E-state index contributed by atoms with van der Waals surface area (Å²) in [5, 5.41) is 0. The maximum Gasteiger partial charge on any atom is 0.258 e. The predicted molar refractivity (Wildman–Crippen MR) is 79.6 cm³/mol. The topological polar surface area (TPSA) is 64.8 Å². The van der Waals surface area contributed by atoms with Crippen molar-refractivity contribution in [2.75, 3.05) is 18.7 Å². The molecule has 108 valence electrons. The molecule has 1 aliphatic heterocycles. The first kappa shape index (κ1) is 13.5. The van der Waals surface area contributed by atoms with Crippen LogP contribution in [0.2, 0.25) is 0 Å². The molecule has 0 bridgehead atoms. The average Bonchev–Trinajstić information content (AvgIpc) is 3.00. The Hall–Kier alpha value is -2.53. The second-order valence-corrected chi connectivity index (χ2v) is 4.77. The van der Waals surface area contributed by atoms with Crippen molar-refractivity contribution in [1.82, 2.24) is 0 Å². The summed E-state index contributed by atoms with van der Waals surface area (Å²) in [6, 6.07) is 12.8. The zero-order valence-electron chi connectivity index (χ0n) is 11.7. The van der Waals surface area contributed by atoms with Crippen LogP contribution in [0.15, 0.2) is 42.5 Å². The van der Waals surface area contributed by atoms with Crippen molar-refractivity contribution in [3.05, 3.63) is 53.6 Å². The van der Waals surface area contributed by atoms with Gasteiger partial charge in [0.2, 0.25) is 6.79 Å².